The number of aliphatic hydroxyl groups is 1. The van der Waals surface area contributed by atoms with Crippen LogP contribution in [0, 0.1) is 6.92 Å². The highest BCUT2D eigenvalue weighted by molar-refractivity contribution is 5.78. The van der Waals surface area contributed by atoms with Crippen molar-refractivity contribution in [3.63, 3.8) is 0 Å². The van der Waals surface area contributed by atoms with Gasteiger partial charge in [0, 0.05) is 19.6 Å². The highest BCUT2D eigenvalue weighted by Crippen LogP contribution is 2.06. The van der Waals surface area contributed by atoms with Crippen molar-refractivity contribution in [3.05, 3.63) is 35.4 Å². The van der Waals surface area contributed by atoms with Crippen LogP contribution in [0.15, 0.2) is 24.3 Å². The van der Waals surface area contributed by atoms with Crippen molar-refractivity contribution in [2.45, 2.75) is 19.6 Å². The maximum atomic E-state index is 11.9. The number of aliphatic hydroxyl groups excluding tert-OH is 1. The van der Waals surface area contributed by atoms with Crippen molar-refractivity contribution < 1.29 is 14.6 Å². The van der Waals surface area contributed by atoms with Crippen LogP contribution in [0.3, 0.4) is 0 Å². The quantitative estimate of drug-likeness (QED) is 0.832. The molecule has 0 spiro atoms. The van der Waals surface area contributed by atoms with Crippen molar-refractivity contribution in [3.8, 4) is 0 Å². The minimum Gasteiger partial charge on any atom is -0.389 e. The monoisotopic (exact) mass is 278 g/mol. The van der Waals surface area contributed by atoms with Gasteiger partial charge in [-0.3, -0.25) is 9.69 Å². The smallest absolute Gasteiger partial charge is 0.234 e. The Hall–Kier alpha value is -1.43. The van der Waals surface area contributed by atoms with Crippen LogP contribution in [0.4, 0.5) is 0 Å². The van der Waals surface area contributed by atoms with Gasteiger partial charge < -0.3 is 15.2 Å². The Bertz CT molecular complexity index is 450. The predicted octanol–water partition coefficient (Wildman–Crippen LogP) is 0.304. The summed E-state index contributed by atoms with van der Waals surface area (Å²) in [6, 6.07) is 8.00. The second kappa shape index (κ2) is 7.38. The van der Waals surface area contributed by atoms with Gasteiger partial charge in [-0.2, -0.15) is 0 Å². The number of rotatable bonds is 4. The normalized spacial score (nSPS) is 20.4. The summed E-state index contributed by atoms with van der Waals surface area (Å²) in [4.78, 5) is 13.9. The van der Waals surface area contributed by atoms with E-state index < -0.39 is 6.10 Å². The second-order valence-corrected chi connectivity index (χ2v) is 5.17. The zero-order valence-electron chi connectivity index (χ0n) is 11.8. The van der Waals surface area contributed by atoms with Crippen molar-refractivity contribution >= 4 is 5.91 Å². The molecular formula is C15H22N2O3. The van der Waals surface area contributed by atoms with Crippen molar-refractivity contribution in [2.24, 2.45) is 0 Å². The van der Waals surface area contributed by atoms with E-state index >= 15 is 0 Å². The lowest BCUT2D eigenvalue weighted by Gasteiger charge is -2.20. The van der Waals surface area contributed by atoms with Crippen LogP contribution >= 0.6 is 0 Å². The first-order chi connectivity index (χ1) is 9.65. The van der Waals surface area contributed by atoms with Gasteiger partial charge >= 0.3 is 0 Å². The molecule has 1 atom stereocenters. The number of carbonyl (C=O) groups is 1. The number of carbonyl (C=O) groups excluding carboxylic acids is 1. The summed E-state index contributed by atoms with van der Waals surface area (Å²) in [5, 5.41) is 12.5. The number of aryl methyl sites for hydroxylation is 1. The molecule has 2 N–H and O–H groups in total. The number of nitrogens with zero attached hydrogens (tertiary/aromatic N) is 1. The van der Waals surface area contributed by atoms with Gasteiger partial charge in [-0.1, -0.05) is 24.3 Å². The van der Waals surface area contributed by atoms with E-state index in [4.69, 9.17) is 4.74 Å². The average Bonchev–Trinajstić information content (AvgIpc) is 2.62. The van der Waals surface area contributed by atoms with Gasteiger partial charge in [0.1, 0.15) is 0 Å². The fourth-order valence-corrected chi connectivity index (χ4v) is 2.26. The Morgan fingerprint density at radius 3 is 3.10 bits per heavy atom. The lowest BCUT2D eigenvalue weighted by Crippen LogP contribution is -2.40. The van der Waals surface area contributed by atoms with Gasteiger partial charge in [-0.15, -0.1) is 0 Å². The molecule has 1 aromatic rings. The van der Waals surface area contributed by atoms with Gasteiger partial charge in [-0.05, 0) is 18.1 Å². The lowest BCUT2D eigenvalue weighted by atomic mass is 10.1. The average molecular weight is 278 g/mol. The van der Waals surface area contributed by atoms with Gasteiger partial charge in [0.15, 0.2) is 0 Å². The first-order valence-corrected chi connectivity index (χ1v) is 6.94. The Morgan fingerprint density at radius 2 is 2.30 bits per heavy atom. The molecule has 0 radical (unpaired) electrons. The van der Waals surface area contributed by atoms with E-state index in [1.165, 1.54) is 5.56 Å². The molecular weight excluding hydrogens is 256 g/mol. The van der Waals surface area contributed by atoms with E-state index in [1.54, 1.807) is 0 Å². The molecule has 1 saturated heterocycles. The Labute approximate surface area is 119 Å². The summed E-state index contributed by atoms with van der Waals surface area (Å²) < 4.78 is 5.24. The number of ether oxygens (including phenoxy) is 1. The lowest BCUT2D eigenvalue weighted by molar-refractivity contribution is -0.122. The first-order valence-electron chi connectivity index (χ1n) is 6.94. The van der Waals surface area contributed by atoms with Crippen LogP contribution < -0.4 is 5.32 Å². The molecule has 0 aromatic heterocycles. The number of hydrogen-bond acceptors (Lipinski definition) is 4. The van der Waals surface area contributed by atoms with E-state index in [-0.39, 0.29) is 5.91 Å². The van der Waals surface area contributed by atoms with Crippen molar-refractivity contribution in [1.82, 2.24) is 10.2 Å². The summed E-state index contributed by atoms with van der Waals surface area (Å²) in [6.07, 6.45) is -0.512. The third-order valence-corrected chi connectivity index (χ3v) is 3.44. The maximum Gasteiger partial charge on any atom is 0.234 e. The standard InChI is InChI=1S/C15H22N2O3/c1-12-4-2-3-5-13(12)8-16-15(19)10-17-6-7-20-11-14(18)9-17/h2-5,14,18H,6-11H2,1H3,(H,16,19)/t14-/m1/s1. The molecule has 5 heteroatoms. The van der Waals surface area contributed by atoms with Crippen molar-refractivity contribution in [2.75, 3.05) is 32.8 Å². The van der Waals surface area contributed by atoms with Gasteiger partial charge in [0.25, 0.3) is 0 Å². The van der Waals surface area contributed by atoms with E-state index in [0.29, 0.717) is 39.4 Å². The predicted molar refractivity (Wildman–Crippen MR) is 76.3 cm³/mol. The molecule has 1 aliphatic rings. The van der Waals surface area contributed by atoms with Crippen molar-refractivity contribution in [1.29, 1.82) is 0 Å². The summed E-state index contributed by atoms with van der Waals surface area (Å²) >= 11 is 0. The highest BCUT2D eigenvalue weighted by Gasteiger charge is 2.18. The largest absolute Gasteiger partial charge is 0.389 e. The topological polar surface area (TPSA) is 61.8 Å². The molecule has 1 aromatic carbocycles. The van der Waals surface area contributed by atoms with Crippen LogP contribution in [0.1, 0.15) is 11.1 Å². The zero-order valence-corrected chi connectivity index (χ0v) is 11.8. The van der Waals surface area contributed by atoms with E-state index in [9.17, 15) is 9.90 Å². The number of β-amino-alcohol motifs (C(OH)–C–C–N with tert-alkyl or cyclic N) is 1. The van der Waals surface area contributed by atoms with Gasteiger partial charge in [0.2, 0.25) is 5.91 Å². The Balaban J connectivity index is 1.79. The molecule has 20 heavy (non-hydrogen) atoms. The number of hydrogen-bond donors (Lipinski definition) is 2. The van der Waals surface area contributed by atoms with Gasteiger partial charge in [-0.25, -0.2) is 0 Å². The molecule has 0 saturated carbocycles. The van der Waals surface area contributed by atoms with Crippen LogP contribution in [-0.4, -0.2) is 54.9 Å². The summed E-state index contributed by atoms with van der Waals surface area (Å²) in [5.41, 5.74) is 2.30. The molecule has 1 amide bonds. The third kappa shape index (κ3) is 4.59. The Morgan fingerprint density at radius 1 is 1.50 bits per heavy atom. The van der Waals surface area contributed by atoms with E-state index in [2.05, 4.69) is 5.32 Å². The summed E-state index contributed by atoms with van der Waals surface area (Å²) in [5.74, 6) is -0.0256. The van der Waals surface area contributed by atoms with E-state index in [0.717, 1.165) is 5.56 Å². The first kappa shape index (κ1) is 15.0. The minimum atomic E-state index is -0.512. The molecule has 0 bridgehead atoms. The molecule has 5 nitrogen and oxygen atoms in total. The highest BCUT2D eigenvalue weighted by atomic mass is 16.5. The molecule has 0 unspecified atom stereocenters. The van der Waals surface area contributed by atoms with Gasteiger partial charge in [0.05, 0.1) is 25.9 Å². The fraction of sp³-hybridized carbons (Fsp3) is 0.533. The van der Waals surface area contributed by atoms with Crippen LogP contribution in [0.2, 0.25) is 0 Å². The Kier molecular flexibility index (Phi) is 5.52. The van der Waals surface area contributed by atoms with Crippen LogP contribution in [-0.2, 0) is 16.1 Å². The van der Waals surface area contributed by atoms with Crippen LogP contribution in [0.5, 0.6) is 0 Å². The third-order valence-electron chi connectivity index (χ3n) is 3.44. The molecule has 1 heterocycles. The molecule has 1 aliphatic heterocycles. The van der Waals surface area contributed by atoms with E-state index in [1.807, 2.05) is 36.1 Å². The fourth-order valence-electron chi connectivity index (χ4n) is 2.26. The molecule has 0 aliphatic carbocycles. The number of benzene rings is 1. The summed E-state index contributed by atoms with van der Waals surface area (Å²) in [6.45, 7) is 4.94. The summed E-state index contributed by atoms with van der Waals surface area (Å²) in [7, 11) is 0. The number of amides is 1. The minimum absolute atomic E-state index is 0.0256. The second-order valence-electron chi connectivity index (χ2n) is 5.17. The number of nitrogens with one attached hydrogen (secondary N) is 1. The van der Waals surface area contributed by atoms with Crippen LogP contribution in [0.25, 0.3) is 0 Å². The SMILES string of the molecule is Cc1ccccc1CNC(=O)CN1CCOC[C@H](O)C1. The zero-order chi connectivity index (χ0) is 14.4. The molecule has 110 valence electrons. The molecule has 1 fully saturated rings. The maximum absolute atomic E-state index is 11.9. The molecule has 2 rings (SSSR count).